The highest BCUT2D eigenvalue weighted by atomic mass is 127. The average Bonchev–Trinajstić information content (AvgIpc) is 2.62. The van der Waals surface area contributed by atoms with Gasteiger partial charge >= 0.3 is 0 Å². The zero-order chi connectivity index (χ0) is 17.6. The van der Waals surface area contributed by atoms with Crippen molar-refractivity contribution in [2.75, 3.05) is 39.3 Å². The van der Waals surface area contributed by atoms with Crippen molar-refractivity contribution in [1.82, 2.24) is 15.5 Å². The lowest BCUT2D eigenvalue weighted by atomic mass is 10.2. The minimum absolute atomic E-state index is 0. The molecule has 0 aromatic heterocycles. The highest BCUT2D eigenvalue weighted by molar-refractivity contribution is 14.0. The van der Waals surface area contributed by atoms with Crippen molar-refractivity contribution in [3.8, 4) is 18.1 Å². The maximum absolute atomic E-state index is 5.96. The second-order valence-electron chi connectivity index (χ2n) is 5.24. The van der Waals surface area contributed by atoms with E-state index in [1.165, 1.54) is 0 Å². The summed E-state index contributed by atoms with van der Waals surface area (Å²) in [6.45, 7) is 11.8. The molecule has 1 aromatic rings. The third-order valence-corrected chi connectivity index (χ3v) is 3.64. The molecule has 0 bridgehead atoms. The first-order valence-corrected chi connectivity index (χ1v) is 8.63. The Kier molecular flexibility index (Phi) is 14.0. The molecule has 0 saturated carbocycles. The van der Waals surface area contributed by atoms with Gasteiger partial charge in [-0.15, -0.1) is 30.4 Å². The zero-order valence-electron chi connectivity index (χ0n) is 15.5. The highest BCUT2D eigenvalue weighted by Gasteiger charge is 2.05. The van der Waals surface area contributed by atoms with E-state index >= 15 is 0 Å². The maximum atomic E-state index is 5.96. The summed E-state index contributed by atoms with van der Waals surface area (Å²) in [5.74, 6) is 4.16. The van der Waals surface area contributed by atoms with E-state index in [-0.39, 0.29) is 24.0 Å². The molecule has 0 aliphatic carbocycles. The zero-order valence-corrected chi connectivity index (χ0v) is 17.9. The van der Waals surface area contributed by atoms with Crippen LogP contribution >= 0.6 is 24.0 Å². The van der Waals surface area contributed by atoms with Crippen LogP contribution in [0.3, 0.4) is 0 Å². The van der Waals surface area contributed by atoms with Crippen molar-refractivity contribution in [3.05, 3.63) is 29.8 Å². The van der Waals surface area contributed by atoms with E-state index in [9.17, 15) is 0 Å². The standard InChI is InChI=1S/C19H30N4O.HI/c1-5-13-21-19(20-6-2)22-16-17-11-9-10-12-18(17)24-15-14-23(7-3)8-4;/h1,9-12H,6-8,13-16H2,2-4H3,(H2,20,21,22);1H. The van der Waals surface area contributed by atoms with Crippen molar-refractivity contribution >= 4 is 29.9 Å². The van der Waals surface area contributed by atoms with Gasteiger partial charge < -0.3 is 20.3 Å². The van der Waals surface area contributed by atoms with Crippen molar-refractivity contribution in [2.24, 2.45) is 4.99 Å². The quantitative estimate of drug-likeness (QED) is 0.245. The average molecular weight is 458 g/mol. The minimum Gasteiger partial charge on any atom is -0.492 e. The van der Waals surface area contributed by atoms with Crippen LogP contribution in [-0.4, -0.2) is 50.2 Å². The third kappa shape index (κ3) is 9.56. The summed E-state index contributed by atoms with van der Waals surface area (Å²) in [6.07, 6.45) is 5.29. The number of nitrogens with one attached hydrogen (secondary N) is 2. The lowest BCUT2D eigenvalue weighted by molar-refractivity contribution is 0.221. The fraction of sp³-hybridized carbons (Fsp3) is 0.526. The number of hydrogen-bond donors (Lipinski definition) is 2. The van der Waals surface area contributed by atoms with Crippen molar-refractivity contribution in [2.45, 2.75) is 27.3 Å². The maximum Gasteiger partial charge on any atom is 0.192 e. The van der Waals surface area contributed by atoms with Gasteiger partial charge in [0.15, 0.2) is 5.96 Å². The van der Waals surface area contributed by atoms with Gasteiger partial charge in [-0.05, 0) is 26.1 Å². The number of ether oxygens (including phenoxy) is 1. The van der Waals surface area contributed by atoms with E-state index in [1.807, 2.05) is 31.2 Å². The molecular weight excluding hydrogens is 427 g/mol. The number of benzene rings is 1. The van der Waals surface area contributed by atoms with Gasteiger partial charge in [0.1, 0.15) is 12.4 Å². The molecule has 0 amide bonds. The molecule has 5 nitrogen and oxygen atoms in total. The summed E-state index contributed by atoms with van der Waals surface area (Å²) in [5.41, 5.74) is 1.06. The van der Waals surface area contributed by atoms with Crippen LogP contribution < -0.4 is 15.4 Å². The van der Waals surface area contributed by atoms with Crippen molar-refractivity contribution < 1.29 is 4.74 Å². The van der Waals surface area contributed by atoms with E-state index in [4.69, 9.17) is 11.2 Å². The molecule has 0 fully saturated rings. The van der Waals surface area contributed by atoms with Crippen LogP contribution in [-0.2, 0) is 6.54 Å². The summed E-state index contributed by atoms with van der Waals surface area (Å²) in [6, 6.07) is 8.03. The van der Waals surface area contributed by atoms with Crippen LogP contribution in [0.4, 0.5) is 0 Å². The van der Waals surface area contributed by atoms with Gasteiger partial charge in [0.25, 0.3) is 0 Å². The number of aliphatic imine (C=N–C) groups is 1. The largest absolute Gasteiger partial charge is 0.492 e. The van der Waals surface area contributed by atoms with Crippen molar-refractivity contribution in [3.63, 3.8) is 0 Å². The normalized spacial score (nSPS) is 10.8. The van der Waals surface area contributed by atoms with Crippen LogP contribution in [0, 0.1) is 12.3 Å². The van der Waals surface area contributed by atoms with Crippen LogP contribution in [0.1, 0.15) is 26.3 Å². The molecule has 0 atom stereocenters. The number of nitrogens with zero attached hydrogens (tertiary/aromatic N) is 2. The highest BCUT2D eigenvalue weighted by Crippen LogP contribution is 2.18. The fourth-order valence-electron chi connectivity index (χ4n) is 2.24. The van der Waals surface area contributed by atoms with Gasteiger partial charge in [-0.25, -0.2) is 4.99 Å². The first-order chi connectivity index (χ1) is 11.7. The topological polar surface area (TPSA) is 48.9 Å². The lowest BCUT2D eigenvalue weighted by Gasteiger charge is -2.18. The summed E-state index contributed by atoms with van der Waals surface area (Å²) < 4.78 is 5.96. The molecule has 0 aliphatic heterocycles. The second kappa shape index (κ2) is 14.8. The Labute approximate surface area is 169 Å². The number of hydrogen-bond acceptors (Lipinski definition) is 3. The van der Waals surface area contributed by atoms with E-state index in [0.29, 0.717) is 25.7 Å². The second-order valence-corrected chi connectivity index (χ2v) is 5.24. The van der Waals surface area contributed by atoms with Crippen LogP contribution in [0.2, 0.25) is 0 Å². The Morgan fingerprint density at radius 3 is 2.56 bits per heavy atom. The third-order valence-electron chi connectivity index (χ3n) is 3.64. The van der Waals surface area contributed by atoms with Gasteiger partial charge in [-0.1, -0.05) is 38.0 Å². The molecule has 1 rings (SSSR count). The molecule has 0 unspecified atom stereocenters. The van der Waals surface area contributed by atoms with E-state index in [2.05, 4.69) is 40.3 Å². The van der Waals surface area contributed by atoms with Gasteiger partial charge in [-0.2, -0.15) is 0 Å². The summed E-state index contributed by atoms with van der Waals surface area (Å²) in [4.78, 5) is 6.91. The molecular formula is C19H31IN4O. The van der Waals surface area contributed by atoms with Gasteiger partial charge in [0.2, 0.25) is 0 Å². The number of rotatable bonds is 10. The Morgan fingerprint density at radius 2 is 1.92 bits per heavy atom. The monoisotopic (exact) mass is 458 g/mol. The smallest absolute Gasteiger partial charge is 0.192 e. The molecule has 0 aliphatic rings. The first kappa shape index (κ1) is 23.5. The fourth-order valence-corrected chi connectivity index (χ4v) is 2.24. The Balaban J connectivity index is 0.00000576. The molecule has 0 spiro atoms. The van der Waals surface area contributed by atoms with Crippen LogP contribution in [0.5, 0.6) is 5.75 Å². The molecule has 1 aromatic carbocycles. The Morgan fingerprint density at radius 1 is 1.20 bits per heavy atom. The number of halogens is 1. The number of para-hydroxylation sites is 1. The molecule has 0 heterocycles. The Bertz CT molecular complexity index is 538. The van der Waals surface area contributed by atoms with Crippen LogP contribution in [0.15, 0.2) is 29.3 Å². The van der Waals surface area contributed by atoms with E-state index in [0.717, 1.165) is 37.5 Å². The molecule has 6 heteroatoms. The minimum atomic E-state index is 0. The number of terminal acetylenes is 1. The summed E-state index contributed by atoms with van der Waals surface area (Å²) >= 11 is 0. The number of guanidine groups is 1. The molecule has 25 heavy (non-hydrogen) atoms. The van der Waals surface area contributed by atoms with Gasteiger partial charge in [0, 0.05) is 18.7 Å². The molecule has 2 N–H and O–H groups in total. The predicted molar refractivity (Wildman–Crippen MR) is 117 cm³/mol. The van der Waals surface area contributed by atoms with Crippen LogP contribution in [0.25, 0.3) is 0 Å². The molecule has 0 radical (unpaired) electrons. The Hall–Kier alpha value is -1.46. The summed E-state index contributed by atoms with van der Waals surface area (Å²) in [7, 11) is 0. The van der Waals surface area contributed by atoms with Crippen molar-refractivity contribution in [1.29, 1.82) is 0 Å². The van der Waals surface area contributed by atoms with Gasteiger partial charge in [-0.3, -0.25) is 0 Å². The molecule has 0 saturated heterocycles. The lowest BCUT2D eigenvalue weighted by Crippen LogP contribution is -2.37. The number of likely N-dealkylation sites (N-methyl/N-ethyl adjacent to an activating group) is 1. The summed E-state index contributed by atoms with van der Waals surface area (Å²) in [5, 5.41) is 6.26. The first-order valence-electron chi connectivity index (χ1n) is 8.63. The predicted octanol–water partition coefficient (Wildman–Crippen LogP) is 2.71. The van der Waals surface area contributed by atoms with E-state index in [1.54, 1.807) is 0 Å². The SMILES string of the molecule is C#CCNC(=NCc1ccccc1OCCN(CC)CC)NCC.I. The molecule has 140 valence electrons. The van der Waals surface area contributed by atoms with Gasteiger partial charge in [0.05, 0.1) is 13.1 Å². The van der Waals surface area contributed by atoms with E-state index < -0.39 is 0 Å².